The van der Waals surface area contributed by atoms with Crippen molar-refractivity contribution >= 4 is 11.8 Å². The van der Waals surface area contributed by atoms with Gasteiger partial charge in [0, 0.05) is 6.42 Å². The largest absolute Gasteiger partial charge is 0.457 e. The summed E-state index contributed by atoms with van der Waals surface area (Å²) in [7, 11) is 0. The Morgan fingerprint density at radius 2 is 2.07 bits per heavy atom. The second-order valence-corrected chi connectivity index (χ2v) is 5.36. The molecule has 2 saturated carbocycles. The third kappa shape index (κ3) is 0.876. The Hall–Kier alpha value is -0.860. The molecule has 0 aromatic carbocycles. The minimum Gasteiger partial charge on any atom is -0.457 e. The van der Waals surface area contributed by atoms with Crippen LogP contribution < -0.4 is 0 Å². The molecule has 0 radical (unpaired) electrons. The minimum atomic E-state index is -0.405. The first-order chi connectivity index (χ1) is 7.10. The monoisotopic (exact) mass is 208 g/mol. The zero-order valence-electron chi connectivity index (χ0n) is 9.04. The van der Waals surface area contributed by atoms with Crippen molar-refractivity contribution in [1.29, 1.82) is 0 Å². The second-order valence-electron chi connectivity index (χ2n) is 5.36. The highest BCUT2D eigenvalue weighted by atomic mass is 16.6. The standard InChI is InChI=1S/C12H16O3/c1-11-7-5-8-10(14)15-12(8,11)6-3-2-4-9(11)13/h8H,2-7H2,1H3/t8-,11-,12+/m0/s1. The molecule has 3 atom stereocenters. The van der Waals surface area contributed by atoms with E-state index in [1.807, 2.05) is 6.92 Å². The SMILES string of the molecule is C[C@@]12CC[C@H]3C(=O)O[C@]31CCCCC2=O. The van der Waals surface area contributed by atoms with Crippen molar-refractivity contribution in [3.8, 4) is 0 Å². The predicted octanol–water partition coefficient (Wildman–Crippen LogP) is 1.84. The summed E-state index contributed by atoms with van der Waals surface area (Å²) >= 11 is 0. The fraction of sp³-hybridized carbons (Fsp3) is 0.833. The number of ketones is 1. The van der Waals surface area contributed by atoms with Gasteiger partial charge in [0.05, 0.1) is 11.3 Å². The molecule has 1 spiro atoms. The van der Waals surface area contributed by atoms with E-state index in [0.717, 1.165) is 32.1 Å². The molecule has 0 aromatic heterocycles. The molecular formula is C12H16O3. The van der Waals surface area contributed by atoms with Crippen LogP contribution in [-0.2, 0) is 14.3 Å². The molecule has 15 heavy (non-hydrogen) atoms. The highest BCUT2D eigenvalue weighted by Crippen LogP contribution is 2.62. The molecule has 82 valence electrons. The van der Waals surface area contributed by atoms with Crippen LogP contribution in [0.5, 0.6) is 0 Å². The van der Waals surface area contributed by atoms with E-state index in [9.17, 15) is 9.59 Å². The maximum Gasteiger partial charge on any atom is 0.313 e. The Morgan fingerprint density at radius 1 is 1.27 bits per heavy atom. The molecule has 3 nitrogen and oxygen atoms in total. The highest BCUT2D eigenvalue weighted by molar-refractivity contribution is 5.92. The number of ether oxygens (including phenoxy) is 1. The molecule has 0 aromatic rings. The summed E-state index contributed by atoms with van der Waals surface area (Å²) in [6.45, 7) is 2.01. The zero-order chi connectivity index (χ0) is 10.7. The van der Waals surface area contributed by atoms with Gasteiger partial charge in [-0.3, -0.25) is 9.59 Å². The molecule has 1 aliphatic heterocycles. The summed E-state index contributed by atoms with van der Waals surface area (Å²) in [6, 6.07) is 0. The van der Waals surface area contributed by atoms with Crippen LogP contribution in [0.25, 0.3) is 0 Å². The van der Waals surface area contributed by atoms with Crippen molar-refractivity contribution in [3.05, 3.63) is 0 Å². The number of carbonyl (C=O) groups excluding carboxylic acids is 2. The van der Waals surface area contributed by atoms with Crippen molar-refractivity contribution in [3.63, 3.8) is 0 Å². The smallest absolute Gasteiger partial charge is 0.313 e. The van der Waals surface area contributed by atoms with Gasteiger partial charge in [-0.1, -0.05) is 0 Å². The molecule has 3 aliphatic rings. The summed E-state index contributed by atoms with van der Waals surface area (Å²) in [6.07, 6.45) is 5.23. The first kappa shape index (κ1) is 9.37. The maximum atomic E-state index is 12.1. The van der Waals surface area contributed by atoms with Crippen molar-refractivity contribution in [1.82, 2.24) is 0 Å². The molecule has 1 heterocycles. The quantitative estimate of drug-likeness (QED) is 0.570. The molecular weight excluding hydrogens is 192 g/mol. The van der Waals surface area contributed by atoms with Gasteiger partial charge in [0.25, 0.3) is 0 Å². The third-order valence-electron chi connectivity index (χ3n) is 4.81. The van der Waals surface area contributed by atoms with Gasteiger partial charge in [-0.15, -0.1) is 0 Å². The molecule has 1 saturated heterocycles. The Labute approximate surface area is 89.2 Å². The number of hydrogen-bond acceptors (Lipinski definition) is 3. The van der Waals surface area contributed by atoms with E-state index in [0.29, 0.717) is 12.2 Å². The first-order valence-electron chi connectivity index (χ1n) is 5.86. The first-order valence-corrected chi connectivity index (χ1v) is 5.86. The van der Waals surface area contributed by atoms with E-state index >= 15 is 0 Å². The number of hydrogen-bond donors (Lipinski definition) is 0. The highest BCUT2D eigenvalue weighted by Gasteiger charge is 2.71. The summed E-state index contributed by atoms with van der Waals surface area (Å²) in [4.78, 5) is 23.5. The Balaban J connectivity index is 2.05. The lowest BCUT2D eigenvalue weighted by Gasteiger charge is -2.50. The van der Waals surface area contributed by atoms with Crippen molar-refractivity contribution < 1.29 is 14.3 Å². The van der Waals surface area contributed by atoms with Crippen LogP contribution in [0.15, 0.2) is 0 Å². The lowest BCUT2D eigenvalue weighted by Crippen LogP contribution is -2.63. The van der Waals surface area contributed by atoms with Crippen LogP contribution in [0.3, 0.4) is 0 Å². The summed E-state index contributed by atoms with van der Waals surface area (Å²) in [5.41, 5.74) is -0.778. The van der Waals surface area contributed by atoms with Crippen LogP contribution >= 0.6 is 0 Å². The molecule has 3 rings (SSSR count). The number of esters is 1. The van der Waals surface area contributed by atoms with E-state index < -0.39 is 5.60 Å². The van der Waals surface area contributed by atoms with Gasteiger partial charge < -0.3 is 4.74 Å². The summed E-state index contributed by atoms with van der Waals surface area (Å²) in [5, 5.41) is 0. The van der Waals surface area contributed by atoms with Crippen molar-refractivity contribution in [2.24, 2.45) is 11.3 Å². The van der Waals surface area contributed by atoms with Crippen LogP contribution in [0.1, 0.15) is 45.4 Å². The van der Waals surface area contributed by atoms with E-state index in [2.05, 4.69) is 0 Å². The molecule has 0 N–H and O–H groups in total. The van der Waals surface area contributed by atoms with Crippen LogP contribution in [-0.4, -0.2) is 17.4 Å². The van der Waals surface area contributed by atoms with E-state index in [-0.39, 0.29) is 17.3 Å². The average molecular weight is 208 g/mol. The van der Waals surface area contributed by atoms with Crippen LogP contribution in [0.2, 0.25) is 0 Å². The number of Topliss-reactive ketones (excluding diaryl/α,β-unsaturated/α-hetero) is 1. The van der Waals surface area contributed by atoms with Gasteiger partial charge in [0.15, 0.2) is 0 Å². The van der Waals surface area contributed by atoms with Crippen LogP contribution in [0.4, 0.5) is 0 Å². The maximum absolute atomic E-state index is 12.1. The lowest BCUT2D eigenvalue weighted by atomic mass is 9.66. The zero-order valence-corrected chi connectivity index (χ0v) is 9.04. The molecule has 2 aliphatic carbocycles. The van der Waals surface area contributed by atoms with E-state index in [1.165, 1.54) is 0 Å². The Bertz CT molecular complexity index is 349. The molecule has 0 amide bonds. The molecule has 3 fully saturated rings. The molecule has 3 heteroatoms. The molecule has 0 unspecified atom stereocenters. The van der Waals surface area contributed by atoms with Crippen molar-refractivity contribution in [2.45, 2.75) is 51.0 Å². The fourth-order valence-corrected chi connectivity index (χ4v) is 3.77. The van der Waals surface area contributed by atoms with Gasteiger partial charge >= 0.3 is 5.97 Å². The number of carbonyl (C=O) groups is 2. The average Bonchev–Trinajstić information content (AvgIpc) is 2.34. The second kappa shape index (κ2) is 2.63. The van der Waals surface area contributed by atoms with Gasteiger partial charge in [-0.25, -0.2) is 0 Å². The van der Waals surface area contributed by atoms with E-state index in [1.54, 1.807) is 0 Å². The van der Waals surface area contributed by atoms with Gasteiger partial charge in [0.2, 0.25) is 0 Å². The van der Waals surface area contributed by atoms with Gasteiger partial charge in [0.1, 0.15) is 11.4 Å². The van der Waals surface area contributed by atoms with Gasteiger partial charge in [-0.2, -0.15) is 0 Å². The van der Waals surface area contributed by atoms with Crippen molar-refractivity contribution in [2.75, 3.05) is 0 Å². The summed E-state index contributed by atoms with van der Waals surface area (Å²) < 4.78 is 5.45. The topological polar surface area (TPSA) is 43.4 Å². The van der Waals surface area contributed by atoms with E-state index in [4.69, 9.17) is 4.74 Å². The fourth-order valence-electron chi connectivity index (χ4n) is 3.77. The molecule has 0 bridgehead atoms. The number of rotatable bonds is 0. The third-order valence-corrected chi connectivity index (χ3v) is 4.81. The Morgan fingerprint density at radius 3 is 2.80 bits per heavy atom. The summed E-state index contributed by atoms with van der Waals surface area (Å²) in [5.74, 6) is 0.257. The normalized spacial score (nSPS) is 48.7. The lowest BCUT2D eigenvalue weighted by molar-refractivity contribution is -0.226. The van der Waals surface area contributed by atoms with Gasteiger partial charge in [-0.05, 0) is 39.0 Å². The minimum absolute atomic E-state index is 0.0181. The predicted molar refractivity (Wildman–Crippen MR) is 53.1 cm³/mol. The van der Waals surface area contributed by atoms with Crippen LogP contribution in [0, 0.1) is 11.3 Å². The Kier molecular flexibility index (Phi) is 1.64.